The Balaban J connectivity index is 0.000000223. The number of rotatable bonds is 3. The van der Waals surface area contributed by atoms with Gasteiger partial charge in [0.25, 0.3) is 0 Å². The van der Waals surface area contributed by atoms with Crippen LogP contribution in [0.3, 0.4) is 0 Å². The molecule has 0 aliphatic carbocycles. The number of hydrogen-bond acceptors (Lipinski definition) is 4. The monoisotopic (exact) mass is 376 g/mol. The smallest absolute Gasteiger partial charge is 0.318 e. The molecule has 142 valence electrons. The van der Waals surface area contributed by atoms with Crippen LogP contribution in [-0.2, 0) is 7.05 Å². The van der Waals surface area contributed by atoms with Gasteiger partial charge in [0.05, 0.1) is 18.3 Å². The third-order valence-corrected chi connectivity index (χ3v) is 3.56. The second-order valence-electron chi connectivity index (χ2n) is 5.41. The number of benzene rings is 2. The number of nitrogens with one attached hydrogen (secondary N) is 2. The molecule has 1 aromatic heterocycles. The molecule has 0 bridgehead atoms. The van der Waals surface area contributed by atoms with Crippen molar-refractivity contribution in [1.29, 1.82) is 0 Å². The number of urea groups is 1. The molecule has 2 amide bonds. The molecule has 0 fully saturated rings. The molecule has 0 unspecified atom stereocenters. The zero-order valence-electron chi connectivity index (χ0n) is 14.9. The van der Waals surface area contributed by atoms with Crippen molar-refractivity contribution in [1.82, 2.24) is 25.3 Å². The number of carbonyl (C=O) groups is 2. The Kier molecular flexibility index (Phi) is 6.36. The fraction of sp³-hybridized carbons (Fsp3) is 0.176. The van der Waals surface area contributed by atoms with Crippen LogP contribution in [0.5, 0.6) is 0 Å². The summed E-state index contributed by atoms with van der Waals surface area (Å²) in [6, 6.07) is 8.67. The molecule has 0 atom stereocenters. The second kappa shape index (κ2) is 8.70. The normalized spacial score (nSPS) is 9.96. The minimum atomic E-state index is -0.824. The molecule has 3 rings (SSSR count). The Morgan fingerprint density at radius 2 is 1.81 bits per heavy atom. The van der Waals surface area contributed by atoms with Gasteiger partial charge in [-0.3, -0.25) is 4.79 Å². The highest BCUT2D eigenvalue weighted by Crippen LogP contribution is 2.18. The molecule has 0 aliphatic rings. The number of aromatic nitrogens is 4. The summed E-state index contributed by atoms with van der Waals surface area (Å²) < 4.78 is 24.8. The number of amides is 2. The Morgan fingerprint density at radius 3 is 2.22 bits per heavy atom. The van der Waals surface area contributed by atoms with Crippen LogP contribution in [0.25, 0.3) is 5.69 Å². The summed E-state index contributed by atoms with van der Waals surface area (Å²) in [7, 11) is 3.38. The van der Waals surface area contributed by atoms with Gasteiger partial charge in [-0.1, -0.05) is 6.07 Å². The van der Waals surface area contributed by atoms with Gasteiger partial charge in [0, 0.05) is 12.7 Å². The molecule has 3 aromatic rings. The minimum Gasteiger partial charge on any atom is -0.341 e. The van der Waals surface area contributed by atoms with E-state index in [1.807, 2.05) is 25.1 Å². The number of anilines is 1. The molecule has 0 aliphatic heterocycles. The van der Waals surface area contributed by atoms with Gasteiger partial charge < -0.3 is 10.6 Å². The third kappa shape index (κ3) is 4.75. The van der Waals surface area contributed by atoms with Gasteiger partial charge in [0.15, 0.2) is 6.29 Å². The van der Waals surface area contributed by atoms with Crippen molar-refractivity contribution < 1.29 is 18.4 Å². The molecule has 0 saturated carbocycles. The Labute approximate surface area is 153 Å². The van der Waals surface area contributed by atoms with E-state index in [1.54, 1.807) is 23.7 Å². The summed E-state index contributed by atoms with van der Waals surface area (Å²) in [6.45, 7) is 1.92. The van der Waals surface area contributed by atoms with Crippen molar-refractivity contribution in [2.24, 2.45) is 7.05 Å². The van der Waals surface area contributed by atoms with Crippen LogP contribution in [0.2, 0.25) is 0 Å². The molecule has 0 spiro atoms. The lowest BCUT2D eigenvalue weighted by atomic mass is 10.2. The van der Waals surface area contributed by atoms with Crippen LogP contribution in [-0.4, -0.2) is 39.4 Å². The van der Waals surface area contributed by atoms with Gasteiger partial charge in [0.1, 0.15) is 11.6 Å². The molecule has 10 heteroatoms. The van der Waals surface area contributed by atoms with E-state index in [-0.39, 0.29) is 12.3 Å². The van der Waals surface area contributed by atoms with E-state index in [9.17, 15) is 18.4 Å². The number of halogens is 2. The average molecular weight is 376 g/mol. The second-order valence-corrected chi connectivity index (χ2v) is 5.41. The summed E-state index contributed by atoms with van der Waals surface area (Å²) in [6.07, 6.45) is 0.157. The topological polar surface area (TPSA) is 93.8 Å². The summed E-state index contributed by atoms with van der Waals surface area (Å²) >= 11 is 0. The molecule has 2 N–H and O–H groups in total. The van der Waals surface area contributed by atoms with E-state index in [4.69, 9.17) is 0 Å². The van der Waals surface area contributed by atoms with Crippen LogP contribution in [0.4, 0.5) is 19.3 Å². The predicted molar refractivity (Wildman–Crippen MR) is 94.9 cm³/mol. The van der Waals surface area contributed by atoms with Gasteiger partial charge in [-0.25, -0.2) is 13.6 Å². The van der Waals surface area contributed by atoms with Crippen molar-refractivity contribution in [2.75, 3.05) is 12.4 Å². The number of nitrogens with zero attached hydrogens (tertiary/aromatic N) is 4. The van der Waals surface area contributed by atoms with Crippen LogP contribution in [0, 0.1) is 18.6 Å². The van der Waals surface area contributed by atoms with Gasteiger partial charge >= 0.3 is 6.03 Å². The maximum absolute atomic E-state index is 12.4. The van der Waals surface area contributed by atoms with E-state index in [1.165, 1.54) is 6.07 Å². The zero-order valence-corrected chi connectivity index (χ0v) is 14.9. The van der Waals surface area contributed by atoms with Crippen LogP contribution in [0.1, 0.15) is 15.9 Å². The lowest BCUT2D eigenvalue weighted by Gasteiger charge is -2.14. The lowest BCUT2D eigenvalue weighted by molar-refractivity contribution is 0.111. The fourth-order valence-electron chi connectivity index (χ4n) is 2.10. The van der Waals surface area contributed by atoms with Crippen LogP contribution in [0.15, 0.2) is 36.4 Å². The van der Waals surface area contributed by atoms with E-state index < -0.39 is 17.2 Å². The molecule has 0 radical (unpaired) electrons. The lowest BCUT2D eigenvalue weighted by Crippen LogP contribution is -2.26. The van der Waals surface area contributed by atoms with Crippen LogP contribution < -0.4 is 10.6 Å². The fourth-order valence-corrected chi connectivity index (χ4v) is 2.10. The highest BCUT2D eigenvalue weighted by molar-refractivity contribution is 5.90. The Bertz CT molecular complexity index is 931. The predicted octanol–water partition coefficient (Wildman–Crippen LogP) is 2.44. The highest BCUT2D eigenvalue weighted by atomic mass is 19.1. The molecule has 27 heavy (non-hydrogen) atoms. The van der Waals surface area contributed by atoms with Crippen molar-refractivity contribution in [3.8, 4) is 5.69 Å². The van der Waals surface area contributed by atoms with Crippen molar-refractivity contribution >= 4 is 18.0 Å². The number of hydrogen-bond donors (Lipinski definition) is 2. The molecular weight excluding hydrogens is 358 g/mol. The van der Waals surface area contributed by atoms with Gasteiger partial charge in [-0.15, -0.1) is 4.80 Å². The molecule has 8 nitrogen and oxygen atoms in total. The maximum Gasteiger partial charge on any atom is 0.318 e. The highest BCUT2D eigenvalue weighted by Gasteiger charge is 2.07. The van der Waals surface area contributed by atoms with E-state index in [0.717, 1.165) is 29.1 Å². The molecule has 0 saturated heterocycles. The first-order valence-corrected chi connectivity index (χ1v) is 7.81. The van der Waals surface area contributed by atoms with Crippen molar-refractivity contribution in [2.45, 2.75) is 6.92 Å². The van der Waals surface area contributed by atoms with Crippen LogP contribution >= 0.6 is 0 Å². The Morgan fingerprint density at radius 1 is 1.15 bits per heavy atom. The first kappa shape index (κ1) is 19.8. The first-order chi connectivity index (χ1) is 12.9. The van der Waals surface area contributed by atoms with E-state index in [0.29, 0.717) is 0 Å². The maximum atomic E-state index is 12.4. The average Bonchev–Trinajstić information content (AvgIpc) is 2.63. The largest absolute Gasteiger partial charge is 0.341 e. The third-order valence-electron chi connectivity index (χ3n) is 3.56. The van der Waals surface area contributed by atoms with Crippen molar-refractivity contribution in [3.05, 3.63) is 59.2 Å². The van der Waals surface area contributed by atoms with E-state index in [2.05, 4.69) is 21.1 Å². The number of aldehydes is 1. The van der Waals surface area contributed by atoms with Gasteiger partial charge in [-0.05, 0) is 53.2 Å². The molecule has 2 aromatic carbocycles. The quantitative estimate of drug-likeness (QED) is 0.687. The van der Waals surface area contributed by atoms with Gasteiger partial charge in [-0.2, -0.15) is 4.80 Å². The van der Waals surface area contributed by atoms with E-state index >= 15 is 0 Å². The zero-order chi connectivity index (χ0) is 20.0. The Hall–Kier alpha value is -3.56. The standard InChI is InChI=1S/C10H14N6O.C7H4F2O/c1-7-6-8(16-14-13-15(16)3)4-5-9(7)12-10(17)11-2;8-6-2-1-3-7(9)5(6)4-10/h4-6H,1-3H3,(H2,11,12,17);1-4H. The molecular formula is C17H18F2N6O2. The minimum absolute atomic E-state index is 0.157. The van der Waals surface area contributed by atoms with Gasteiger partial charge in [0.2, 0.25) is 0 Å². The number of aryl methyl sites for hydroxylation is 2. The summed E-state index contributed by atoms with van der Waals surface area (Å²) in [5.41, 5.74) is 2.12. The molecule has 1 heterocycles. The number of carbonyl (C=O) groups excluding carboxylic acids is 2. The SMILES string of the molecule is CNC(=O)Nc1ccc(-n2nnn2C)cc1C.O=Cc1c(F)cccc1F. The summed E-state index contributed by atoms with van der Waals surface area (Å²) in [4.78, 5) is 24.5. The van der Waals surface area contributed by atoms with Crippen molar-refractivity contribution in [3.63, 3.8) is 0 Å². The first-order valence-electron chi connectivity index (χ1n) is 7.81. The summed E-state index contributed by atoms with van der Waals surface area (Å²) in [5, 5.41) is 12.8. The summed E-state index contributed by atoms with van der Waals surface area (Å²) in [5.74, 6) is -1.65.